The van der Waals surface area contributed by atoms with Gasteiger partial charge in [0, 0.05) is 41.6 Å². The fourth-order valence-electron chi connectivity index (χ4n) is 5.25. The minimum absolute atomic E-state index is 0. The van der Waals surface area contributed by atoms with Gasteiger partial charge in [-0.25, -0.2) is 8.78 Å². The van der Waals surface area contributed by atoms with E-state index < -0.39 is 11.6 Å². The van der Waals surface area contributed by atoms with Crippen molar-refractivity contribution < 1.29 is 18.3 Å². The molecule has 4 nitrogen and oxygen atoms in total. The van der Waals surface area contributed by atoms with Crippen molar-refractivity contribution in [2.45, 2.75) is 75.1 Å². The van der Waals surface area contributed by atoms with Gasteiger partial charge in [0.15, 0.2) is 11.6 Å². The standard InChI is InChI=1S/C25H28F2N2O2.ClH/c26-17-12-20(24(21(27)13-17)31-15-16-4-2-1-3-5-16)19-14-22(19)28-18-6-9-25(10-7-18)11-8-23(30)29-25;/h1-5,12-13,18-19,22,28H,6-11,14-15H2,(H,29,30);1H/t18?,19-,22+,25?;/m0./s1. The normalized spacial score (nSPS) is 28.8. The number of ether oxygens (including phenoxy) is 1. The average molecular weight is 463 g/mol. The van der Waals surface area contributed by atoms with Gasteiger partial charge in [-0.3, -0.25) is 4.79 Å². The van der Waals surface area contributed by atoms with E-state index in [4.69, 9.17) is 4.74 Å². The minimum atomic E-state index is -0.645. The molecule has 172 valence electrons. The van der Waals surface area contributed by atoms with E-state index in [2.05, 4.69) is 10.6 Å². The predicted octanol–water partition coefficient (Wildman–Crippen LogP) is 5.00. The van der Waals surface area contributed by atoms with E-state index in [1.54, 1.807) is 0 Å². The van der Waals surface area contributed by atoms with Gasteiger partial charge in [-0.15, -0.1) is 12.4 Å². The zero-order valence-corrected chi connectivity index (χ0v) is 18.7. The summed E-state index contributed by atoms with van der Waals surface area (Å²) in [6.45, 7) is 0.248. The van der Waals surface area contributed by atoms with Gasteiger partial charge in [0.25, 0.3) is 0 Å². The topological polar surface area (TPSA) is 50.4 Å². The van der Waals surface area contributed by atoms with Crippen molar-refractivity contribution in [3.63, 3.8) is 0 Å². The molecule has 5 rings (SSSR count). The summed E-state index contributed by atoms with van der Waals surface area (Å²) in [7, 11) is 0. The van der Waals surface area contributed by atoms with E-state index in [1.807, 2.05) is 30.3 Å². The highest BCUT2D eigenvalue weighted by Gasteiger charge is 2.45. The predicted molar refractivity (Wildman–Crippen MR) is 121 cm³/mol. The molecule has 1 amide bonds. The number of halogens is 3. The maximum absolute atomic E-state index is 14.6. The molecule has 2 aromatic rings. The molecule has 32 heavy (non-hydrogen) atoms. The Labute approximate surface area is 193 Å². The molecule has 2 atom stereocenters. The number of hydrogen-bond acceptors (Lipinski definition) is 3. The second kappa shape index (κ2) is 9.36. The lowest BCUT2D eigenvalue weighted by molar-refractivity contribution is -0.120. The lowest BCUT2D eigenvalue weighted by Gasteiger charge is -2.37. The Morgan fingerprint density at radius 3 is 2.53 bits per heavy atom. The van der Waals surface area contributed by atoms with Crippen molar-refractivity contribution in [1.29, 1.82) is 0 Å². The summed E-state index contributed by atoms with van der Waals surface area (Å²) >= 11 is 0. The molecule has 3 aliphatic rings. The molecule has 1 spiro atoms. The van der Waals surface area contributed by atoms with Crippen molar-refractivity contribution in [3.05, 3.63) is 65.2 Å². The Bertz CT molecular complexity index is 964. The van der Waals surface area contributed by atoms with Crippen LogP contribution in [0.15, 0.2) is 42.5 Å². The fourth-order valence-corrected chi connectivity index (χ4v) is 5.25. The van der Waals surface area contributed by atoms with Crippen molar-refractivity contribution in [3.8, 4) is 5.75 Å². The van der Waals surface area contributed by atoms with E-state index in [0.717, 1.165) is 50.2 Å². The maximum atomic E-state index is 14.6. The van der Waals surface area contributed by atoms with E-state index in [9.17, 15) is 13.6 Å². The highest BCUT2D eigenvalue weighted by atomic mass is 35.5. The first-order valence-electron chi connectivity index (χ1n) is 11.2. The fraction of sp³-hybridized carbons (Fsp3) is 0.480. The molecule has 0 unspecified atom stereocenters. The van der Waals surface area contributed by atoms with Gasteiger partial charge in [0.2, 0.25) is 5.91 Å². The zero-order chi connectivity index (χ0) is 21.4. The Morgan fingerprint density at radius 1 is 1.09 bits per heavy atom. The molecule has 0 bridgehead atoms. The molecular formula is C25H29ClF2N2O2. The van der Waals surface area contributed by atoms with Crippen LogP contribution in [0, 0.1) is 11.6 Å². The smallest absolute Gasteiger partial charge is 0.220 e. The molecule has 3 fully saturated rings. The van der Waals surface area contributed by atoms with Crippen molar-refractivity contribution >= 4 is 18.3 Å². The van der Waals surface area contributed by atoms with Crippen molar-refractivity contribution in [2.24, 2.45) is 0 Å². The van der Waals surface area contributed by atoms with Crippen LogP contribution in [0.2, 0.25) is 0 Å². The van der Waals surface area contributed by atoms with Crippen LogP contribution >= 0.6 is 12.4 Å². The van der Waals surface area contributed by atoms with Crippen LogP contribution in [0.25, 0.3) is 0 Å². The lowest BCUT2D eigenvalue weighted by atomic mass is 9.78. The number of rotatable bonds is 6. The summed E-state index contributed by atoms with van der Waals surface area (Å²) in [6.07, 6.45) is 6.44. The largest absolute Gasteiger partial charge is 0.486 e. The summed E-state index contributed by atoms with van der Waals surface area (Å²) in [5.41, 5.74) is 1.56. The van der Waals surface area contributed by atoms with Gasteiger partial charge in [0.05, 0.1) is 0 Å². The molecule has 2 aromatic carbocycles. The van der Waals surface area contributed by atoms with E-state index in [0.29, 0.717) is 18.0 Å². The molecular weight excluding hydrogens is 434 g/mol. The molecule has 0 radical (unpaired) electrons. The third-order valence-electron chi connectivity index (χ3n) is 7.08. The highest BCUT2D eigenvalue weighted by molar-refractivity contribution is 5.85. The van der Waals surface area contributed by atoms with Crippen LogP contribution in [0.5, 0.6) is 5.75 Å². The number of hydrogen-bond donors (Lipinski definition) is 2. The first-order chi connectivity index (χ1) is 15.0. The number of benzene rings is 2. The van der Waals surface area contributed by atoms with Crippen LogP contribution < -0.4 is 15.4 Å². The van der Waals surface area contributed by atoms with Gasteiger partial charge in [0.1, 0.15) is 12.4 Å². The summed E-state index contributed by atoms with van der Waals surface area (Å²) in [4.78, 5) is 11.6. The van der Waals surface area contributed by atoms with Crippen molar-refractivity contribution in [2.75, 3.05) is 0 Å². The highest BCUT2D eigenvalue weighted by Crippen LogP contribution is 2.47. The van der Waals surface area contributed by atoms with Crippen molar-refractivity contribution in [1.82, 2.24) is 10.6 Å². The number of carbonyl (C=O) groups excluding carboxylic acids is 1. The third kappa shape index (κ3) is 4.91. The third-order valence-corrected chi connectivity index (χ3v) is 7.08. The SMILES string of the molecule is Cl.O=C1CCC2(CCC(N[C@@H]3C[C@H]3c3cc(F)cc(F)c3OCc3ccccc3)CC2)N1. The van der Waals surface area contributed by atoms with Gasteiger partial charge in [-0.1, -0.05) is 30.3 Å². The van der Waals surface area contributed by atoms with Gasteiger partial charge in [-0.2, -0.15) is 0 Å². The van der Waals surface area contributed by atoms with Crippen LogP contribution in [0.3, 0.4) is 0 Å². The summed E-state index contributed by atoms with van der Waals surface area (Å²) < 4.78 is 34.4. The molecule has 7 heteroatoms. The Hall–Kier alpha value is -2.18. The number of nitrogens with one attached hydrogen (secondary N) is 2. The van der Waals surface area contributed by atoms with E-state index >= 15 is 0 Å². The maximum Gasteiger partial charge on any atom is 0.220 e. The molecule has 1 aliphatic heterocycles. The minimum Gasteiger partial charge on any atom is -0.486 e. The Balaban J connectivity index is 0.00000245. The first-order valence-corrected chi connectivity index (χ1v) is 11.2. The van der Waals surface area contributed by atoms with E-state index in [-0.39, 0.29) is 48.2 Å². The van der Waals surface area contributed by atoms with Crippen LogP contribution in [0.1, 0.15) is 62.0 Å². The van der Waals surface area contributed by atoms with E-state index in [1.165, 1.54) is 6.07 Å². The Morgan fingerprint density at radius 2 is 1.84 bits per heavy atom. The van der Waals surface area contributed by atoms with Crippen LogP contribution in [-0.2, 0) is 11.4 Å². The Kier molecular flexibility index (Phi) is 6.72. The molecule has 2 N–H and O–H groups in total. The zero-order valence-electron chi connectivity index (χ0n) is 17.9. The van der Waals surface area contributed by atoms with Gasteiger partial charge < -0.3 is 15.4 Å². The monoisotopic (exact) mass is 462 g/mol. The first kappa shape index (κ1) is 23.0. The van der Waals surface area contributed by atoms with Crippen LogP contribution in [0.4, 0.5) is 8.78 Å². The molecule has 1 heterocycles. The van der Waals surface area contributed by atoms with Crippen LogP contribution in [-0.4, -0.2) is 23.5 Å². The molecule has 2 saturated carbocycles. The van der Waals surface area contributed by atoms with Gasteiger partial charge in [-0.05, 0) is 50.2 Å². The van der Waals surface area contributed by atoms with Gasteiger partial charge >= 0.3 is 0 Å². The lowest BCUT2D eigenvalue weighted by Crippen LogP contribution is -2.48. The second-order valence-corrected chi connectivity index (χ2v) is 9.30. The summed E-state index contributed by atoms with van der Waals surface area (Å²) in [5, 5.41) is 6.86. The number of carbonyl (C=O) groups is 1. The molecule has 2 aliphatic carbocycles. The number of amides is 1. The molecule has 1 saturated heterocycles. The second-order valence-electron chi connectivity index (χ2n) is 9.30. The average Bonchev–Trinajstić information content (AvgIpc) is 3.43. The summed E-state index contributed by atoms with van der Waals surface area (Å²) in [6, 6.07) is 12.5. The summed E-state index contributed by atoms with van der Waals surface area (Å²) in [5.74, 6) is -0.825. The quantitative estimate of drug-likeness (QED) is 0.635. The molecule has 0 aromatic heterocycles.